The van der Waals surface area contributed by atoms with Crippen molar-refractivity contribution in [2.45, 2.75) is 76.7 Å². The van der Waals surface area contributed by atoms with Gasteiger partial charge in [0.25, 0.3) is 5.56 Å². The Morgan fingerprint density at radius 3 is 2.09 bits per heavy atom. The van der Waals surface area contributed by atoms with Crippen molar-refractivity contribution >= 4 is 18.9 Å². The van der Waals surface area contributed by atoms with Crippen LogP contribution in [0, 0.1) is 11.3 Å². The summed E-state index contributed by atoms with van der Waals surface area (Å²) in [5.74, 6) is 1.36. The van der Waals surface area contributed by atoms with Gasteiger partial charge in [0.1, 0.15) is 29.4 Å². The molecule has 1 N–H and O–H groups in total. The number of ether oxygens (including phenoxy) is 4. The number of fused-ring (bicyclic) bond motifs is 1. The van der Waals surface area contributed by atoms with Crippen molar-refractivity contribution in [3.05, 3.63) is 119 Å². The number of methoxy groups -OCH3 is 2. The summed E-state index contributed by atoms with van der Waals surface area (Å²) in [4.78, 5) is 23.9. The van der Waals surface area contributed by atoms with Crippen LogP contribution in [0.25, 0.3) is 11.2 Å². The Kier molecular flexibility index (Phi) is 12.5. The first-order valence-corrected chi connectivity index (χ1v) is 19.7. The van der Waals surface area contributed by atoms with Gasteiger partial charge in [-0.2, -0.15) is 5.26 Å². The van der Waals surface area contributed by atoms with E-state index in [0.717, 1.165) is 16.7 Å². The summed E-state index contributed by atoms with van der Waals surface area (Å²) in [6.07, 6.45) is 0.904. The number of hydrogen-bond acceptors (Lipinski definition) is 11. The van der Waals surface area contributed by atoms with E-state index >= 15 is 0 Å². The molecule has 6 rings (SSSR count). The van der Waals surface area contributed by atoms with Gasteiger partial charge in [-0.15, -0.1) is 0 Å². The van der Waals surface area contributed by atoms with Crippen molar-refractivity contribution in [3.63, 3.8) is 0 Å². The summed E-state index contributed by atoms with van der Waals surface area (Å²) in [5.41, 5.74) is 1.36. The average Bonchev–Trinajstić information content (AvgIpc) is 3.81. The highest BCUT2D eigenvalue weighted by molar-refractivity contribution is 7.51. The lowest BCUT2D eigenvalue weighted by Gasteiger charge is -2.40. The zero-order chi connectivity index (χ0) is 39.2. The molecule has 1 aliphatic rings. The number of nitrogens with zero attached hydrogens (tertiary/aromatic N) is 5. The first-order valence-electron chi connectivity index (χ1n) is 18.2. The molecule has 2 aromatic heterocycles. The molecule has 1 unspecified atom stereocenters. The van der Waals surface area contributed by atoms with Gasteiger partial charge in [0.15, 0.2) is 11.2 Å². The van der Waals surface area contributed by atoms with E-state index in [4.69, 9.17) is 28.0 Å². The maximum Gasteiger partial charge on any atom is 0.408 e. The lowest BCUT2D eigenvalue weighted by molar-refractivity contribution is -0.0981. The molecule has 55 heavy (non-hydrogen) atoms. The van der Waals surface area contributed by atoms with Crippen molar-refractivity contribution < 1.29 is 32.6 Å². The molecule has 0 radical (unpaired) electrons. The van der Waals surface area contributed by atoms with Crippen molar-refractivity contribution in [1.29, 1.82) is 5.26 Å². The SMILES string of the molecule is COc1ccc(C(O[C@H]2C[C@H](n3cnc4c(=O)[nH]cnc43)O[C@@H]2COP(=O)(OCCC#N)N(C(C)C)C(C)C)(c2ccccc2)c2ccc(OC)cc2)cc1. The van der Waals surface area contributed by atoms with Crippen LogP contribution in [-0.2, 0) is 28.7 Å². The Labute approximate surface area is 320 Å². The van der Waals surface area contributed by atoms with E-state index in [9.17, 15) is 14.6 Å². The van der Waals surface area contributed by atoms with Crippen molar-refractivity contribution in [3.8, 4) is 17.6 Å². The van der Waals surface area contributed by atoms with Gasteiger partial charge in [-0.1, -0.05) is 54.6 Å². The summed E-state index contributed by atoms with van der Waals surface area (Å²) in [5, 5.41) is 9.26. The molecule has 3 heterocycles. The molecule has 15 heteroatoms. The van der Waals surface area contributed by atoms with Crippen LogP contribution in [0.4, 0.5) is 0 Å². The standard InChI is InChI=1S/C40H47N6O8P/c1-27(2)46(28(3)4)55(48,51-22-10-21-41)52-24-35-34(23-36(53-35)45-26-44-37-38(45)42-25-43-39(37)47)54-40(29-11-8-7-9-12-29,30-13-17-32(49-5)18-14-30)31-15-19-33(50-6)20-16-31/h7-9,11-20,25-28,34-36H,10,22-24H2,1-6H3,(H,42,43,47)/t34-,35+,36+,55?/m0/s1. The van der Waals surface area contributed by atoms with Gasteiger partial charge >= 0.3 is 7.75 Å². The minimum atomic E-state index is -3.98. The van der Waals surface area contributed by atoms with Crippen LogP contribution in [0.5, 0.6) is 11.5 Å². The molecular weight excluding hydrogens is 723 g/mol. The largest absolute Gasteiger partial charge is 0.497 e. The predicted octanol–water partition coefficient (Wildman–Crippen LogP) is 6.98. The van der Waals surface area contributed by atoms with E-state index in [2.05, 4.69) is 15.0 Å². The summed E-state index contributed by atoms with van der Waals surface area (Å²) >= 11 is 0. The molecule has 290 valence electrons. The maximum atomic E-state index is 14.7. The van der Waals surface area contributed by atoms with Gasteiger partial charge in [0, 0.05) is 18.5 Å². The first-order chi connectivity index (χ1) is 26.5. The van der Waals surface area contributed by atoms with Crippen LogP contribution >= 0.6 is 7.75 Å². The van der Waals surface area contributed by atoms with Gasteiger partial charge in [-0.05, 0) is 68.7 Å². The summed E-state index contributed by atoms with van der Waals surface area (Å²) < 4.78 is 55.7. The number of imidazole rings is 1. The Balaban J connectivity index is 1.48. The van der Waals surface area contributed by atoms with E-state index < -0.39 is 31.8 Å². The van der Waals surface area contributed by atoms with Crippen LogP contribution < -0.4 is 15.0 Å². The van der Waals surface area contributed by atoms with Crippen LogP contribution in [0.15, 0.2) is 96.3 Å². The Hall–Kier alpha value is -4.87. The number of H-pyrrole nitrogens is 1. The minimum Gasteiger partial charge on any atom is -0.497 e. The third-order valence-corrected chi connectivity index (χ3v) is 12.0. The maximum absolute atomic E-state index is 14.7. The van der Waals surface area contributed by atoms with Crippen LogP contribution in [0.3, 0.4) is 0 Å². The predicted molar refractivity (Wildman–Crippen MR) is 206 cm³/mol. The average molecular weight is 771 g/mol. The highest BCUT2D eigenvalue weighted by Gasteiger charge is 2.48. The fourth-order valence-electron chi connectivity index (χ4n) is 7.18. The molecule has 0 amide bonds. The Morgan fingerprint density at radius 2 is 1.53 bits per heavy atom. The molecule has 1 saturated heterocycles. The molecule has 0 bridgehead atoms. The minimum absolute atomic E-state index is 0.0360. The molecule has 5 aromatic rings. The number of hydrogen-bond donors (Lipinski definition) is 1. The molecule has 3 aromatic carbocycles. The topological polar surface area (TPSA) is 163 Å². The van der Waals surface area contributed by atoms with Crippen molar-refractivity contribution in [2.24, 2.45) is 0 Å². The lowest BCUT2D eigenvalue weighted by Crippen LogP contribution is -2.41. The second-order valence-electron chi connectivity index (χ2n) is 13.7. The smallest absolute Gasteiger partial charge is 0.408 e. The normalized spacial score (nSPS) is 18.5. The second kappa shape index (κ2) is 17.3. The summed E-state index contributed by atoms with van der Waals surface area (Å²) in [6.45, 7) is 7.37. The van der Waals surface area contributed by atoms with E-state index in [-0.39, 0.29) is 49.2 Å². The van der Waals surface area contributed by atoms with E-state index in [0.29, 0.717) is 17.1 Å². The van der Waals surface area contributed by atoms with Gasteiger partial charge in [0.2, 0.25) is 0 Å². The zero-order valence-electron chi connectivity index (χ0n) is 31.8. The number of nitriles is 1. The molecule has 4 atom stereocenters. The zero-order valence-corrected chi connectivity index (χ0v) is 32.7. The molecule has 1 fully saturated rings. The highest BCUT2D eigenvalue weighted by Crippen LogP contribution is 2.55. The van der Waals surface area contributed by atoms with Crippen molar-refractivity contribution in [2.75, 3.05) is 27.4 Å². The molecule has 0 spiro atoms. The van der Waals surface area contributed by atoms with E-state index in [1.807, 2.05) is 113 Å². The van der Waals surface area contributed by atoms with Gasteiger partial charge in [-0.25, -0.2) is 19.2 Å². The molecule has 0 aliphatic carbocycles. The number of aromatic nitrogens is 4. The molecule has 14 nitrogen and oxygen atoms in total. The second-order valence-corrected chi connectivity index (χ2v) is 15.6. The monoisotopic (exact) mass is 770 g/mol. The Morgan fingerprint density at radius 1 is 0.927 bits per heavy atom. The summed E-state index contributed by atoms with van der Waals surface area (Å²) in [7, 11) is -0.745. The lowest BCUT2D eigenvalue weighted by atomic mass is 9.79. The first kappa shape index (κ1) is 39.8. The highest BCUT2D eigenvalue weighted by atomic mass is 31.2. The number of nitrogens with one attached hydrogen (secondary N) is 1. The number of rotatable bonds is 17. The van der Waals surface area contributed by atoms with Crippen LogP contribution in [-0.4, -0.2) is 75.9 Å². The third-order valence-electron chi connectivity index (χ3n) is 9.57. The quantitative estimate of drug-likeness (QED) is 0.0588. The summed E-state index contributed by atoms with van der Waals surface area (Å²) in [6, 6.07) is 26.9. The van der Waals surface area contributed by atoms with Gasteiger partial charge in [-0.3, -0.25) is 18.4 Å². The molecular formula is C40H47N6O8P. The molecule has 1 aliphatic heterocycles. The van der Waals surface area contributed by atoms with Crippen LogP contribution in [0.1, 0.15) is 63.5 Å². The van der Waals surface area contributed by atoms with Crippen LogP contribution in [0.2, 0.25) is 0 Å². The van der Waals surface area contributed by atoms with Gasteiger partial charge in [0.05, 0.1) is 58.7 Å². The van der Waals surface area contributed by atoms with E-state index in [1.54, 1.807) is 23.5 Å². The van der Waals surface area contributed by atoms with Gasteiger partial charge < -0.3 is 23.9 Å². The fourth-order valence-corrected chi connectivity index (χ4v) is 9.31. The Bertz CT molecular complexity index is 2110. The number of benzene rings is 3. The number of aromatic amines is 1. The third kappa shape index (κ3) is 8.23. The van der Waals surface area contributed by atoms with E-state index in [1.165, 1.54) is 12.7 Å². The fraction of sp³-hybridized carbons (Fsp3) is 0.400. The van der Waals surface area contributed by atoms with Crippen molar-refractivity contribution in [1.82, 2.24) is 24.2 Å². The molecule has 0 saturated carbocycles.